The molecule has 1 atom stereocenters. The van der Waals surface area contributed by atoms with Gasteiger partial charge >= 0.3 is 0 Å². The standard InChI is InChI=1S/C21H31ClN4O2/c1-2-17-7-5-6-10-26(17)21(28)16-25-13-11-24(12-14-25)15-20(27)23-19-9-4-3-8-18(19)22/h3-4,8-9,17H,2,5-7,10-16H2,1H3,(H,23,27)/t17-/m1/s1. The van der Waals surface area contributed by atoms with E-state index in [-0.39, 0.29) is 11.8 Å². The maximum Gasteiger partial charge on any atom is 0.238 e. The summed E-state index contributed by atoms with van der Waals surface area (Å²) in [7, 11) is 0. The molecule has 0 bridgehead atoms. The largest absolute Gasteiger partial charge is 0.339 e. The first-order valence-corrected chi connectivity index (χ1v) is 10.7. The second-order valence-electron chi connectivity index (χ2n) is 7.73. The van der Waals surface area contributed by atoms with Crippen molar-refractivity contribution in [3.8, 4) is 0 Å². The Bertz CT molecular complexity index is 676. The van der Waals surface area contributed by atoms with Crippen LogP contribution in [0.5, 0.6) is 0 Å². The van der Waals surface area contributed by atoms with Crippen LogP contribution in [0.4, 0.5) is 5.69 Å². The van der Waals surface area contributed by atoms with E-state index in [4.69, 9.17) is 11.6 Å². The molecule has 3 rings (SSSR count). The molecule has 1 aromatic rings. The predicted molar refractivity (Wildman–Crippen MR) is 113 cm³/mol. The van der Waals surface area contributed by atoms with Crippen LogP contribution in [0.15, 0.2) is 24.3 Å². The fraction of sp³-hybridized carbons (Fsp3) is 0.619. The predicted octanol–water partition coefficient (Wildman–Crippen LogP) is 2.69. The number of hydrogen-bond acceptors (Lipinski definition) is 4. The van der Waals surface area contributed by atoms with Gasteiger partial charge in [0.05, 0.1) is 23.8 Å². The molecule has 7 heteroatoms. The summed E-state index contributed by atoms with van der Waals surface area (Å²) in [6, 6.07) is 7.66. The SMILES string of the molecule is CC[C@@H]1CCCCN1C(=O)CN1CCN(CC(=O)Nc2ccccc2Cl)CC1. The van der Waals surface area contributed by atoms with E-state index < -0.39 is 0 Å². The maximum atomic E-state index is 12.7. The van der Waals surface area contributed by atoms with Gasteiger partial charge in [0, 0.05) is 38.8 Å². The molecule has 0 unspecified atom stereocenters. The molecule has 0 aromatic heterocycles. The van der Waals surface area contributed by atoms with Crippen molar-refractivity contribution in [2.24, 2.45) is 0 Å². The van der Waals surface area contributed by atoms with Crippen molar-refractivity contribution < 1.29 is 9.59 Å². The smallest absolute Gasteiger partial charge is 0.238 e. The molecule has 2 heterocycles. The van der Waals surface area contributed by atoms with E-state index in [1.165, 1.54) is 6.42 Å². The second-order valence-corrected chi connectivity index (χ2v) is 8.13. The molecule has 0 radical (unpaired) electrons. The minimum absolute atomic E-state index is 0.0586. The quantitative estimate of drug-likeness (QED) is 0.789. The number of benzene rings is 1. The average molecular weight is 407 g/mol. The number of carbonyl (C=O) groups is 2. The van der Waals surface area contributed by atoms with E-state index in [2.05, 4.69) is 26.9 Å². The lowest BCUT2D eigenvalue weighted by atomic mass is 10.00. The van der Waals surface area contributed by atoms with Gasteiger partial charge in [-0.3, -0.25) is 19.4 Å². The van der Waals surface area contributed by atoms with E-state index in [1.807, 2.05) is 12.1 Å². The molecule has 28 heavy (non-hydrogen) atoms. The van der Waals surface area contributed by atoms with Crippen LogP contribution in [0.2, 0.25) is 5.02 Å². The Balaban J connectivity index is 1.41. The van der Waals surface area contributed by atoms with Crippen molar-refractivity contribution in [1.29, 1.82) is 0 Å². The van der Waals surface area contributed by atoms with Gasteiger partial charge in [0.2, 0.25) is 11.8 Å². The number of piperidine rings is 1. The summed E-state index contributed by atoms with van der Waals surface area (Å²) in [6.45, 7) is 7.13. The molecule has 1 N–H and O–H groups in total. The zero-order chi connectivity index (χ0) is 19.9. The summed E-state index contributed by atoms with van der Waals surface area (Å²) in [5, 5.41) is 3.41. The molecular formula is C21H31ClN4O2. The average Bonchev–Trinajstić information content (AvgIpc) is 2.71. The third-order valence-electron chi connectivity index (χ3n) is 5.76. The molecule has 6 nitrogen and oxygen atoms in total. The van der Waals surface area contributed by atoms with Gasteiger partial charge in [-0.2, -0.15) is 0 Å². The van der Waals surface area contributed by atoms with Gasteiger partial charge in [0.1, 0.15) is 0 Å². The molecule has 2 fully saturated rings. The number of para-hydroxylation sites is 1. The van der Waals surface area contributed by atoms with Gasteiger partial charge in [-0.1, -0.05) is 30.7 Å². The maximum absolute atomic E-state index is 12.7. The first kappa shape index (κ1) is 21.1. The third kappa shape index (κ3) is 5.69. The number of nitrogens with one attached hydrogen (secondary N) is 1. The summed E-state index contributed by atoms with van der Waals surface area (Å²) >= 11 is 6.09. The fourth-order valence-corrected chi connectivity index (χ4v) is 4.28. The first-order chi connectivity index (χ1) is 13.6. The van der Waals surface area contributed by atoms with Crippen LogP contribution in [0, 0.1) is 0 Å². The van der Waals surface area contributed by atoms with Crippen molar-refractivity contribution in [1.82, 2.24) is 14.7 Å². The molecule has 2 aliphatic heterocycles. The number of hydrogen-bond donors (Lipinski definition) is 1. The Morgan fingerprint density at radius 2 is 1.71 bits per heavy atom. The van der Waals surface area contributed by atoms with Gasteiger partial charge < -0.3 is 10.2 Å². The number of rotatable bonds is 6. The Hall–Kier alpha value is -1.63. The van der Waals surface area contributed by atoms with Crippen LogP contribution in [0.3, 0.4) is 0 Å². The molecule has 0 spiro atoms. The van der Waals surface area contributed by atoms with Gasteiger partial charge in [-0.15, -0.1) is 0 Å². The lowest BCUT2D eigenvalue weighted by molar-refractivity contribution is -0.136. The van der Waals surface area contributed by atoms with Crippen LogP contribution in [-0.2, 0) is 9.59 Å². The number of amides is 2. The number of anilines is 1. The molecule has 154 valence electrons. The molecular weight excluding hydrogens is 376 g/mol. The number of carbonyl (C=O) groups excluding carboxylic acids is 2. The lowest BCUT2D eigenvalue weighted by Gasteiger charge is -2.38. The first-order valence-electron chi connectivity index (χ1n) is 10.4. The van der Waals surface area contributed by atoms with E-state index in [1.54, 1.807) is 12.1 Å². The van der Waals surface area contributed by atoms with E-state index in [0.717, 1.165) is 52.0 Å². The molecule has 1 aromatic carbocycles. The summed E-state index contributed by atoms with van der Waals surface area (Å²) < 4.78 is 0. The number of piperazine rings is 1. The van der Waals surface area contributed by atoms with Crippen molar-refractivity contribution in [2.75, 3.05) is 51.1 Å². The number of likely N-dealkylation sites (tertiary alicyclic amines) is 1. The van der Waals surface area contributed by atoms with Crippen LogP contribution in [0.1, 0.15) is 32.6 Å². The van der Waals surface area contributed by atoms with Gasteiger partial charge in [0.15, 0.2) is 0 Å². The Morgan fingerprint density at radius 3 is 2.39 bits per heavy atom. The summed E-state index contributed by atoms with van der Waals surface area (Å²) in [5.74, 6) is 0.202. The minimum Gasteiger partial charge on any atom is -0.339 e. The van der Waals surface area contributed by atoms with Crippen molar-refractivity contribution in [3.63, 3.8) is 0 Å². The molecule has 2 aliphatic rings. The van der Waals surface area contributed by atoms with Gasteiger partial charge in [-0.25, -0.2) is 0 Å². The Morgan fingerprint density at radius 1 is 1.04 bits per heavy atom. The Labute approximate surface area is 172 Å². The van der Waals surface area contributed by atoms with Gasteiger partial charge in [-0.05, 0) is 37.8 Å². The monoisotopic (exact) mass is 406 g/mol. The zero-order valence-electron chi connectivity index (χ0n) is 16.7. The molecule has 2 saturated heterocycles. The topological polar surface area (TPSA) is 55.9 Å². The van der Waals surface area contributed by atoms with Crippen LogP contribution < -0.4 is 5.32 Å². The highest BCUT2D eigenvalue weighted by Crippen LogP contribution is 2.21. The third-order valence-corrected chi connectivity index (χ3v) is 6.09. The van der Waals surface area contributed by atoms with Crippen molar-refractivity contribution in [3.05, 3.63) is 29.3 Å². The highest BCUT2D eigenvalue weighted by Gasteiger charge is 2.28. The number of halogens is 1. The molecule has 0 aliphatic carbocycles. The van der Waals surface area contributed by atoms with Crippen LogP contribution in [-0.4, -0.2) is 78.4 Å². The highest BCUT2D eigenvalue weighted by molar-refractivity contribution is 6.33. The van der Waals surface area contributed by atoms with Crippen molar-refractivity contribution in [2.45, 2.75) is 38.6 Å². The van der Waals surface area contributed by atoms with Crippen LogP contribution in [0.25, 0.3) is 0 Å². The molecule has 2 amide bonds. The summed E-state index contributed by atoms with van der Waals surface area (Å²) in [4.78, 5) is 31.4. The van der Waals surface area contributed by atoms with Gasteiger partial charge in [0.25, 0.3) is 0 Å². The second kappa shape index (κ2) is 10.2. The normalized spacial score (nSPS) is 21.5. The zero-order valence-corrected chi connectivity index (χ0v) is 17.5. The minimum atomic E-state index is -0.0586. The van der Waals surface area contributed by atoms with Crippen LogP contribution >= 0.6 is 11.6 Å². The van der Waals surface area contributed by atoms with Crippen molar-refractivity contribution >= 4 is 29.1 Å². The van der Waals surface area contributed by atoms with E-state index >= 15 is 0 Å². The number of nitrogens with zero attached hydrogens (tertiary/aromatic N) is 3. The van der Waals surface area contributed by atoms with E-state index in [9.17, 15) is 9.59 Å². The van der Waals surface area contributed by atoms with E-state index in [0.29, 0.717) is 29.8 Å². The Kier molecular flexibility index (Phi) is 7.71. The fourth-order valence-electron chi connectivity index (χ4n) is 4.10. The highest BCUT2D eigenvalue weighted by atomic mass is 35.5. The summed E-state index contributed by atoms with van der Waals surface area (Å²) in [6.07, 6.45) is 4.53. The molecule has 0 saturated carbocycles. The lowest BCUT2D eigenvalue weighted by Crippen LogP contribution is -2.53. The summed E-state index contributed by atoms with van der Waals surface area (Å²) in [5.41, 5.74) is 0.644.